The summed E-state index contributed by atoms with van der Waals surface area (Å²) in [5.41, 5.74) is 0.319. The number of carbonyl (C=O) groups is 1. The summed E-state index contributed by atoms with van der Waals surface area (Å²) in [6.07, 6.45) is 0. The molecule has 0 atom stereocenters. The molecule has 1 aromatic carbocycles. The number of esters is 1. The number of hydrogen-bond acceptors (Lipinski definition) is 5. The molecule has 0 aliphatic rings. The van der Waals surface area contributed by atoms with Crippen molar-refractivity contribution < 1.29 is 23.7 Å². The molecule has 1 rings (SSSR count). The quantitative estimate of drug-likeness (QED) is 0.729. The van der Waals surface area contributed by atoms with Gasteiger partial charge in [-0.25, -0.2) is 4.79 Å². The Bertz CT molecular complexity index is 414. The van der Waals surface area contributed by atoms with Crippen LogP contribution in [0.25, 0.3) is 0 Å². The molecule has 0 spiro atoms. The molecule has 0 N–H and O–H groups in total. The van der Waals surface area contributed by atoms with E-state index in [1.807, 2.05) is 6.92 Å². The van der Waals surface area contributed by atoms with Crippen LogP contribution in [0.2, 0.25) is 0 Å². The lowest BCUT2D eigenvalue weighted by Gasteiger charge is -2.14. The van der Waals surface area contributed by atoms with Gasteiger partial charge in [-0.05, 0) is 13.8 Å². The van der Waals surface area contributed by atoms with E-state index < -0.39 is 5.97 Å². The average molecular weight is 254 g/mol. The van der Waals surface area contributed by atoms with Crippen LogP contribution in [-0.4, -0.2) is 33.4 Å². The number of ether oxygens (including phenoxy) is 4. The number of methoxy groups -OCH3 is 2. The SMILES string of the molecule is CCOC(=O)c1cc(OC)c(OCC)cc1OC. The summed E-state index contributed by atoms with van der Waals surface area (Å²) in [6, 6.07) is 3.18. The van der Waals surface area contributed by atoms with Gasteiger partial charge in [0.15, 0.2) is 11.5 Å². The van der Waals surface area contributed by atoms with Crippen LogP contribution in [0, 0.1) is 0 Å². The summed E-state index contributed by atoms with van der Waals surface area (Å²) in [5.74, 6) is 0.957. The van der Waals surface area contributed by atoms with E-state index in [1.165, 1.54) is 14.2 Å². The molecule has 0 aliphatic heterocycles. The van der Waals surface area contributed by atoms with Crippen LogP contribution in [0.3, 0.4) is 0 Å². The van der Waals surface area contributed by atoms with Gasteiger partial charge < -0.3 is 18.9 Å². The third-order valence-electron chi connectivity index (χ3n) is 2.28. The molecule has 0 saturated heterocycles. The summed E-state index contributed by atoms with van der Waals surface area (Å²) >= 11 is 0. The minimum atomic E-state index is -0.448. The summed E-state index contributed by atoms with van der Waals surface area (Å²) in [7, 11) is 3.00. The molecule has 0 radical (unpaired) electrons. The van der Waals surface area contributed by atoms with Crippen LogP contribution >= 0.6 is 0 Å². The zero-order chi connectivity index (χ0) is 13.5. The predicted molar refractivity (Wildman–Crippen MR) is 66.7 cm³/mol. The second-order valence-corrected chi connectivity index (χ2v) is 3.36. The van der Waals surface area contributed by atoms with Gasteiger partial charge in [0.05, 0.1) is 27.4 Å². The van der Waals surface area contributed by atoms with E-state index in [4.69, 9.17) is 18.9 Å². The lowest BCUT2D eigenvalue weighted by atomic mass is 10.1. The number of benzene rings is 1. The Labute approximate surface area is 107 Å². The zero-order valence-electron chi connectivity index (χ0n) is 11.1. The minimum absolute atomic E-state index is 0.303. The van der Waals surface area contributed by atoms with Crippen LogP contribution in [0.5, 0.6) is 17.2 Å². The second-order valence-electron chi connectivity index (χ2n) is 3.36. The first-order valence-electron chi connectivity index (χ1n) is 5.73. The molecule has 0 heterocycles. The van der Waals surface area contributed by atoms with Gasteiger partial charge in [0, 0.05) is 12.1 Å². The largest absolute Gasteiger partial charge is 0.496 e. The van der Waals surface area contributed by atoms with Gasteiger partial charge in [-0.2, -0.15) is 0 Å². The van der Waals surface area contributed by atoms with Crippen molar-refractivity contribution in [3.63, 3.8) is 0 Å². The standard InChI is InChI=1S/C13H18O5/c1-5-17-12-8-10(15-3)9(7-11(12)16-4)13(14)18-6-2/h7-8H,5-6H2,1-4H3. The maximum atomic E-state index is 11.8. The van der Waals surface area contributed by atoms with Crippen molar-refractivity contribution in [1.29, 1.82) is 0 Å². The maximum absolute atomic E-state index is 11.8. The molecule has 100 valence electrons. The molecule has 1 aromatic rings. The molecule has 18 heavy (non-hydrogen) atoms. The molecular formula is C13H18O5. The Hall–Kier alpha value is -1.91. The molecule has 0 amide bonds. The zero-order valence-corrected chi connectivity index (χ0v) is 11.1. The van der Waals surface area contributed by atoms with E-state index in [1.54, 1.807) is 19.1 Å². The molecule has 0 aromatic heterocycles. The van der Waals surface area contributed by atoms with Gasteiger partial charge in [0.25, 0.3) is 0 Å². The fourth-order valence-corrected chi connectivity index (χ4v) is 1.51. The average Bonchev–Trinajstić information content (AvgIpc) is 2.38. The van der Waals surface area contributed by atoms with Gasteiger partial charge >= 0.3 is 5.97 Å². The van der Waals surface area contributed by atoms with E-state index >= 15 is 0 Å². The van der Waals surface area contributed by atoms with Crippen LogP contribution in [-0.2, 0) is 4.74 Å². The monoisotopic (exact) mass is 254 g/mol. The molecule has 5 heteroatoms. The molecular weight excluding hydrogens is 236 g/mol. The minimum Gasteiger partial charge on any atom is -0.496 e. The Kier molecular flexibility index (Phi) is 5.30. The van der Waals surface area contributed by atoms with Crippen LogP contribution < -0.4 is 14.2 Å². The van der Waals surface area contributed by atoms with E-state index in [-0.39, 0.29) is 0 Å². The van der Waals surface area contributed by atoms with Gasteiger partial charge in [0.2, 0.25) is 0 Å². The van der Waals surface area contributed by atoms with Gasteiger partial charge in [-0.3, -0.25) is 0 Å². The summed E-state index contributed by atoms with van der Waals surface area (Å²) < 4.78 is 20.7. The Balaban J connectivity index is 3.21. The normalized spacial score (nSPS) is 9.78. The number of hydrogen-bond donors (Lipinski definition) is 0. The van der Waals surface area contributed by atoms with Crippen molar-refractivity contribution in [2.75, 3.05) is 27.4 Å². The van der Waals surface area contributed by atoms with Gasteiger partial charge in [0.1, 0.15) is 11.3 Å². The number of rotatable bonds is 6. The summed E-state index contributed by atoms with van der Waals surface area (Å²) in [5, 5.41) is 0. The van der Waals surface area contributed by atoms with Crippen molar-refractivity contribution in [2.45, 2.75) is 13.8 Å². The van der Waals surface area contributed by atoms with Crippen LogP contribution in [0.1, 0.15) is 24.2 Å². The van der Waals surface area contributed by atoms with E-state index in [0.717, 1.165) is 0 Å². The highest BCUT2D eigenvalue weighted by molar-refractivity contribution is 5.93. The van der Waals surface area contributed by atoms with E-state index in [0.29, 0.717) is 36.0 Å². The highest BCUT2D eigenvalue weighted by Gasteiger charge is 2.18. The first kappa shape index (κ1) is 14.2. The lowest BCUT2D eigenvalue weighted by molar-refractivity contribution is 0.0522. The topological polar surface area (TPSA) is 54.0 Å². The number of carbonyl (C=O) groups excluding carboxylic acids is 1. The fraction of sp³-hybridized carbons (Fsp3) is 0.462. The van der Waals surface area contributed by atoms with Crippen molar-refractivity contribution in [2.24, 2.45) is 0 Å². The predicted octanol–water partition coefficient (Wildman–Crippen LogP) is 2.28. The third-order valence-corrected chi connectivity index (χ3v) is 2.28. The molecule has 5 nitrogen and oxygen atoms in total. The molecule has 0 aliphatic carbocycles. The molecule has 0 bridgehead atoms. The maximum Gasteiger partial charge on any atom is 0.342 e. The van der Waals surface area contributed by atoms with Crippen molar-refractivity contribution in [1.82, 2.24) is 0 Å². The summed E-state index contributed by atoms with van der Waals surface area (Å²) in [4.78, 5) is 11.8. The van der Waals surface area contributed by atoms with Crippen LogP contribution in [0.15, 0.2) is 12.1 Å². The fourth-order valence-electron chi connectivity index (χ4n) is 1.51. The van der Waals surface area contributed by atoms with Crippen molar-refractivity contribution in [3.05, 3.63) is 17.7 Å². The second kappa shape index (κ2) is 6.74. The molecule has 0 fully saturated rings. The first-order valence-corrected chi connectivity index (χ1v) is 5.73. The van der Waals surface area contributed by atoms with Gasteiger partial charge in [-0.15, -0.1) is 0 Å². The third kappa shape index (κ3) is 3.06. The Morgan fingerprint density at radius 2 is 1.67 bits per heavy atom. The summed E-state index contributed by atoms with van der Waals surface area (Å²) in [6.45, 7) is 4.41. The Morgan fingerprint density at radius 1 is 1.00 bits per heavy atom. The highest BCUT2D eigenvalue weighted by Crippen LogP contribution is 2.35. The lowest BCUT2D eigenvalue weighted by Crippen LogP contribution is -2.08. The smallest absolute Gasteiger partial charge is 0.342 e. The van der Waals surface area contributed by atoms with Crippen LogP contribution in [0.4, 0.5) is 0 Å². The molecule has 0 saturated carbocycles. The Morgan fingerprint density at radius 3 is 2.17 bits per heavy atom. The van der Waals surface area contributed by atoms with Crippen molar-refractivity contribution >= 4 is 5.97 Å². The van der Waals surface area contributed by atoms with Crippen molar-refractivity contribution in [3.8, 4) is 17.2 Å². The first-order chi connectivity index (χ1) is 8.67. The van der Waals surface area contributed by atoms with Gasteiger partial charge in [-0.1, -0.05) is 0 Å². The van der Waals surface area contributed by atoms with E-state index in [2.05, 4.69) is 0 Å². The highest BCUT2D eigenvalue weighted by atomic mass is 16.5. The van der Waals surface area contributed by atoms with E-state index in [9.17, 15) is 4.79 Å². The molecule has 0 unspecified atom stereocenters.